The van der Waals surface area contributed by atoms with Crippen molar-refractivity contribution >= 4 is 7.85 Å². The van der Waals surface area contributed by atoms with Crippen molar-refractivity contribution in [3.05, 3.63) is 0 Å². The summed E-state index contributed by atoms with van der Waals surface area (Å²) >= 11 is 0. The zero-order valence-electron chi connectivity index (χ0n) is 8.41. The van der Waals surface area contributed by atoms with Gasteiger partial charge in [-0.3, -0.25) is 0 Å². The summed E-state index contributed by atoms with van der Waals surface area (Å²) in [6.45, 7) is 11.6. The summed E-state index contributed by atoms with van der Waals surface area (Å²) in [5.41, 5.74) is 0.488. The molecule has 0 N–H and O–H groups in total. The van der Waals surface area contributed by atoms with Crippen molar-refractivity contribution in [1.29, 1.82) is 0 Å². The lowest BCUT2D eigenvalue weighted by Gasteiger charge is -2.40. The molecule has 0 fully saturated rings. The Morgan fingerprint density at radius 3 is 1.50 bits per heavy atom. The molecule has 1 unspecified atom stereocenters. The van der Waals surface area contributed by atoms with E-state index in [-0.39, 0.29) is 0 Å². The maximum Gasteiger partial charge on any atom is 0.109 e. The molecule has 0 aromatic carbocycles. The molecule has 0 radical (unpaired) electrons. The minimum absolute atomic E-state index is 0.488. The number of rotatable bonds is 3. The van der Waals surface area contributed by atoms with E-state index in [1.54, 1.807) is 0 Å². The predicted molar refractivity (Wildman–Crippen MR) is 51.3 cm³/mol. The molecule has 0 nitrogen and oxygen atoms in total. The molecular formula is C9H21B. The van der Waals surface area contributed by atoms with Crippen molar-refractivity contribution in [2.24, 2.45) is 5.41 Å². The van der Waals surface area contributed by atoms with Crippen molar-refractivity contribution in [2.75, 3.05) is 0 Å². The van der Waals surface area contributed by atoms with E-state index in [1.807, 2.05) is 0 Å². The smallest absolute Gasteiger partial charge is 0.0664 e. The van der Waals surface area contributed by atoms with Crippen LogP contribution in [0.25, 0.3) is 0 Å². The predicted octanol–water partition coefficient (Wildman–Crippen LogP) is 2.64. The number of hydrogen-bond acceptors (Lipinski definition) is 0. The third kappa shape index (κ3) is 1.77. The summed E-state index contributed by atoms with van der Waals surface area (Å²) in [4.78, 5) is 0. The Balaban J connectivity index is 4.28. The van der Waals surface area contributed by atoms with Gasteiger partial charge in [-0.15, -0.1) is 0 Å². The molecule has 10 heavy (non-hydrogen) atoms. The van der Waals surface area contributed by atoms with E-state index in [0.29, 0.717) is 10.7 Å². The van der Waals surface area contributed by atoms with E-state index in [1.165, 1.54) is 12.8 Å². The SMILES string of the molecule is BC(C)(CC)C(C)(C)CC. The highest BCUT2D eigenvalue weighted by Crippen LogP contribution is 2.47. The quantitative estimate of drug-likeness (QED) is 0.528. The molecule has 0 heterocycles. The van der Waals surface area contributed by atoms with Crippen molar-refractivity contribution < 1.29 is 0 Å². The minimum Gasteiger partial charge on any atom is -0.0664 e. The van der Waals surface area contributed by atoms with Crippen molar-refractivity contribution in [1.82, 2.24) is 0 Å². The average Bonchev–Trinajstić information content (AvgIpc) is 1.88. The maximum atomic E-state index is 2.36. The van der Waals surface area contributed by atoms with E-state index in [0.717, 1.165) is 0 Å². The fraction of sp³-hybridized carbons (Fsp3) is 1.00. The van der Waals surface area contributed by atoms with E-state index in [4.69, 9.17) is 0 Å². The van der Waals surface area contributed by atoms with Gasteiger partial charge in [-0.1, -0.05) is 52.8 Å². The highest BCUT2D eigenvalue weighted by atomic mass is 14.3. The van der Waals surface area contributed by atoms with Gasteiger partial charge in [0.15, 0.2) is 0 Å². The van der Waals surface area contributed by atoms with Crippen LogP contribution in [0.3, 0.4) is 0 Å². The third-order valence-electron chi connectivity index (χ3n) is 3.60. The van der Waals surface area contributed by atoms with Gasteiger partial charge < -0.3 is 0 Å². The Labute approximate surface area is 66.8 Å². The highest BCUT2D eigenvalue weighted by molar-refractivity contribution is 6.15. The first-order chi connectivity index (χ1) is 4.37. The van der Waals surface area contributed by atoms with E-state index >= 15 is 0 Å². The van der Waals surface area contributed by atoms with Crippen molar-refractivity contribution in [2.45, 2.75) is 52.8 Å². The Morgan fingerprint density at radius 1 is 1.00 bits per heavy atom. The van der Waals surface area contributed by atoms with Crippen LogP contribution >= 0.6 is 0 Å². The molecule has 0 aliphatic carbocycles. The zero-order chi connectivity index (χ0) is 8.41. The summed E-state index contributed by atoms with van der Waals surface area (Å²) < 4.78 is 0. The molecule has 60 valence electrons. The molecular weight excluding hydrogens is 119 g/mol. The van der Waals surface area contributed by atoms with Gasteiger partial charge >= 0.3 is 0 Å². The van der Waals surface area contributed by atoms with Crippen LogP contribution in [-0.2, 0) is 0 Å². The van der Waals surface area contributed by atoms with Crippen LogP contribution in [0.5, 0.6) is 0 Å². The summed E-state index contributed by atoms with van der Waals surface area (Å²) in [7, 11) is 2.36. The largest absolute Gasteiger partial charge is 0.109 e. The molecule has 0 aromatic rings. The highest BCUT2D eigenvalue weighted by Gasteiger charge is 2.32. The van der Waals surface area contributed by atoms with Gasteiger partial charge in [0.25, 0.3) is 0 Å². The Morgan fingerprint density at radius 2 is 1.40 bits per heavy atom. The minimum atomic E-state index is 0.488. The Hall–Kier alpha value is 0.0649. The zero-order valence-corrected chi connectivity index (χ0v) is 8.41. The third-order valence-corrected chi connectivity index (χ3v) is 3.60. The molecule has 0 rings (SSSR count). The van der Waals surface area contributed by atoms with Crippen molar-refractivity contribution in [3.8, 4) is 0 Å². The molecule has 0 aromatic heterocycles. The molecule has 0 spiro atoms. The van der Waals surface area contributed by atoms with Crippen LogP contribution < -0.4 is 0 Å². The van der Waals surface area contributed by atoms with Crippen molar-refractivity contribution in [3.63, 3.8) is 0 Å². The summed E-state index contributed by atoms with van der Waals surface area (Å²) in [5, 5.41) is 0.488. The topological polar surface area (TPSA) is 0 Å². The first kappa shape index (κ1) is 10.1. The second-order valence-electron chi connectivity index (χ2n) is 4.47. The first-order valence-corrected chi connectivity index (χ1v) is 4.37. The molecule has 1 heteroatoms. The summed E-state index contributed by atoms with van der Waals surface area (Å²) in [6, 6.07) is 0. The van der Waals surface area contributed by atoms with Gasteiger partial charge in [0, 0.05) is 0 Å². The summed E-state index contributed by atoms with van der Waals surface area (Å²) in [6.07, 6.45) is 2.54. The second kappa shape index (κ2) is 2.98. The maximum absolute atomic E-state index is 2.36. The first-order valence-electron chi connectivity index (χ1n) is 4.37. The van der Waals surface area contributed by atoms with Gasteiger partial charge in [0.05, 0.1) is 0 Å². The summed E-state index contributed by atoms with van der Waals surface area (Å²) in [5.74, 6) is 0. The van der Waals surface area contributed by atoms with Gasteiger partial charge in [0.1, 0.15) is 7.85 Å². The standard InChI is InChI=1S/C9H21B/c1-6-8(3,4)9(5,10)7-2/h6-7,10H2,1-5H3. The molecule has 0 saturated heterocycles. The number of hydrogen-bond donors (Lipinski definition) is 0. The molecule has 0 aliphatic rings. The monoisotopic (exact) mass is 140 g/mol. The van der Waals surface area contributed by atoms with Crippen LogP contribution in [-0.4, -0.2) is 7.85 Å². The van der Waals surface area contributed by atoms with Gasteiger partial charge in [-0.2, -0.15) is 0 Å². The molecule has 0 amide bonds. The van der Waals surface area contributed by atoms with Crippen LogP contribution in [0.1, 0.15) is 47.5 Å². The van der Waals surface area contributed by atoms with Crippen LogP contribution in [0.4, 0.5) is 0 Å². The van der Waals surface area contributed by atoms with Crippen LogP contribution in [0.15, 0.2) is 0 Å². The normalized spacial score (nSPS) is 18.5. The fourth-order valence-electron chi connectivity index (χ4n) is 0.957. The van der Waals surface area contributed by atoms with Crippen LogP contribution in [0.2, 0.25) is 5.31 Å². The second-order valence-corrected chi connectivity index (χ2v) is 4.47. The lowest BCUT2D eigenvalue weighted by atomic mass is 9.52. The molecule has 1 atom stereocenters. The fourth-order valence-corrected chi connectivity index (χ4v) is 0.957. The average molecular weight is 140 g/mol. The molecule has 0 aliphatic heterocycles. The van der Waals surface area contributed by atoms with Crippen LogP contribution in [0, 0.1) is 5.41 Å². The van der Waals surface area contributed by atoms with E-state index in [9.17, 15) is 0 Å². The van der Waals surface area contributed by atoms with Gasteiger partial charge in [0.2, 0.25) is 0 Å². The molecule has 0 saturated carbocycles. The van der Waals surface area contributed by atoms with E-state index < -0.39 is 0 Å². The lowest BCUT2D eigenvalue weighted by Crippen LogP contribution is -2.27. The van der Waals surface area contributed by atoms with E-state index in [2.05, 4.69) is 42.5 Å². The van der Waals surface area contributed by atoms with Gasteiger partial charge in [-0.25, -0.2) is 0 Å². The lowest BCUT2D eigenvalue weighted by molar-refractivity contribution is 0.234. The molecule has 0 bridgehead atoms. The Kier molecular flexibility index (Phi) is 3.00. The van der Waals surface area contributed by atoms with Gasteiger partial charge in [-0.05, 0) is 5.41 Å². The Bertz CT molecular complexity index is 89.3.